The zero-order valence-corrected chi connectivity index (χ0v) is 11.4. The molecule has 1 fully saturated rings. The van der Waals surface area contributed by atoms with Gasteiger partial charge in [-0.1, -0.05) is 27.2 Å². The van der Waals surface area contributed by atoms with Crippen LogP contribution in [0.3, 0.4) is 0 Å². The lowest BCUT2D eigenvalue weighted by atomic mass is 9.62. The van der Waals surface area contributed by atoms with Crippen molar-refractivity contribution in [1.29, 1.82) is 0 Å². The molecule has 1 aliphatic carbocycles. The molecule has 2 heteroatoms. The van der Waals surface area contributed by atoms with Crippen molar-refractivity contribution in [2.45, 2.75) is 40.0 Å². The zero-order chi connectivity index (χ0) is 13.3. The van der Waals surface area contributed by atoms with Gasteiger partial charge in [-0.2, -0.15) is 0 Å². The maximum Gasteiger partial charge on any atom is 0.166 e. The van der Waals surface area contributed by atoms with E-state index >= 15 is 0 Å². The Kier molecular flexibility index (Phi) is 3.56. The molecule has 0 spiro atoms. The minimum Gasteiger partial charge on any atom is -0.294 e. The van der Waals surface area contributed by atoms with Crippen molar-refractivity contribution in [3.8, 4) is 0 Å². The largest absolute Gasteiger partial charge is 0.294 e. The Morgan fingerprint density at radius 3 is 2.44 bits per heavy atom. The molecular formula is C16H21FO. The van der Waals surface area contributed by atoms with Crippen molar-refractivity contribution in [3.63, 3.8) is 0 Å². The van der Waals surface area contributed by atoms with E-state index in [1.165, 1.54) is 18.6 Å². The summed E-state index contributed by atoms with van der Waals surface area (Å²) >= 11 is 0. The van der Waals surface area contributed by atoms with E-state index in [1.807, 2.05) is 0 Å². The van der Waals surface area contributed by atoms with Gasteiger partial charge in [0.25, 0.3) is 0 Å². The lowest BCUT2D eigenvalue weighted by molar-refractivity contribution is 0.0539. The summed E-state index contributed by atoms with van der Waals surface area (Å²) in [5, 5.41) is 0. The average Bonchev–Trinajstić information content (AvgIpc) is 2.28. The fraction of sp³-hybridized carbons (Fsp3) is 0.562. The molecule has 0 saturated heterocycles. The predicted molar refractivity (Wildman–Crippen MR) is 71.0 cm³/mol. The van der Waals surface area contributed by atoms with E-state index in [1.54, 1.807) is 12.1 Å². The Hall–Kier alpha value is -1.18. The molecule has 0 bridgehead atoms. The van der Waals surface area contributed by atoms with Crippen molar-refractivity contribution < 1.29 is 9.18 Å². The van der Waals surface area contributed by atoms with Crippen LogP contribution in [-0.4, -0.2) is 5.78 Å². The van der Waals surface area contributed by atoms with Crippen LogP contribution in [0.2, 0.25) is 0 Å². The van der Waals surface area contributed by atoms with Gasteiger partial charge >= 0.3 is 0 Å². The molecule has 0 heterocycles. The predicted octanol–water partition coefficient (Wildman–Crippen LogP) is 4.47. The minimum absolute atomic E-state index is 0.0448. The van der Waals surface area contributed by atoms with Gasteiger partial charge in [0.05, 0.1) is 0 Å². The number of carbonyl (C=O) groups is 1. The molecule has 1 nitrogen and oxygen atoms in total. The highest BCUT2D eigenvalue weighted by molar-refractivity contribution is 5.98. The average molecular weight is 248 g/mol. The summed E-state index contributed by atoms with van der Waals surface area (Å²) in [5.74, 6) is 0.345. The fourth-order valence-corrected chi connectivity index (χ4v) is 3.38. The van der Waals surface area contributed by atoms with E-state index in [0.717, 1.165) is 12.8 Å². The molecule has 98 valence electrons. The van der Waals surface area contributed by atoms with Gasteiger partial charge in [0.15, 0.2) is 5.78 Å². The van der Waals surface area contributed by atoms with E-state index in [-0.39, 0.29) is 22.9 Å². The van der Waals surface area contributed by atoms with Crippen molar-refractivity contribution in [1.82, 2.24) is 0 Å². The number of hydrogen-bond acceptors (Lipinski definition) is 1. The second kappa shape index (κ2) is 4.83. The molecule has 0 unspecified atom stereocenters. The van der Waals surface area contributed by atoms with Crippen LogP contribution in [0.15, 0.2) is 24.3 Å². The monoisotopic (exact) mass is 248 g/mol. The van der Waals surface area contributed by atoms with Crippen LogP contribution in [0.1, 0.15) is 50.4 Å². The van der Waals surface area contributed by atoms with Crippen LogP contribution in [0.4, 0.5) is 4.39 Å². The molecule has 0 N–H and O–H groups in total. The Morgan fingerprint density at radius 2 is 1.89 bits per heavy atom. The first-order valence-electron chi connectivity index (χ1n) is 6.71. The molecule has 1 saturated carbocycles. The SMILES string of the molecule is C[C@H]1CCCC(C)(C)[C@H]1C(=O)c1ccc(F)cc1. The van der Waals surface area contributed by atoms with Gasteiger partial charge in [-0.15, -0.1) is 0 Å². The summed E-state index contributed by atoms with van der Waals surface area (Å²) in [6, 6.07) is 5.95. The van der Waals surface area contributed by atoms with Gasteiger partial charge < -0.3 is 0 Å². The lowest BCUT2D eigenvalue weighted by Crippen LogP contribution is -2.39. The summed E-state index contributed by atoms with van der Waals surface area (Å²) in [7, 11) is 0. The van der Waals surface area contributed by atoms with Crippen LogP contribution in [0.5, 0.6) is 0 Å². The number of Topliss-reactive ketones (excluding diaryl/α,β-unsaturated/α-hetero) is 1. The van der Waals surface area contributed by atoms with Gasteiger partial charge in [0, 0.05) is 11.5 Å². The van der Waals surface area contributed by atoms with Gasteiger partial charge in [-0.05, 0) is 48.4 Å². The first kappa shape index (κ1) is 13.3. The minimum atomic E-state index is -0.289. The first-order valence-corrected chi connectivity index (χ1v) is 6.71. The van der Waals surface area contributed by atoms with Gasteiger partial charge in [0.2, 0.25) is 0 Å². The van der Waals surface area contributed by atoms with Crippen molar-refractivity contribution >= 4 is 5.78 Å². The molecule has 2 atom stereocenters. The highest BCUT2D eigenvalue weighted by Gasteiger charge is 2.41. The Labute approximate surface area is 108 Å². The Morgan fingerprint density at radius 1 is 1.28 bits per heavy atom. The number of hydrogen-bond donors (Lipinski definition) is 0. The third-order valence-electron chi connectivity index (χ3n) is 4.30. The van der Waals surface area contributed by atoms with Gasteiger partial charge in [0.1, 0.15) is 5.82 Å². The molecule has 18 heavy (non-hydrogen) atoms. The van der Waals surface area contributed by atoms with Crippen LogP contribution >= 0.6 is 0 Å². The molecular weight excluding hydrogens is 227 g/mol. The van der Waals surface area contributed by atoms with Crippen molar-refractivity contribution in [2.75, 3.05) is 0 Å². The van der Waals surface area contributed by atoms with E-state index in [2.05, 4.69) is 20.8 Å². The molecule has 1 aromatic rings. The molecule has 1 aromatic carbocycles. The highest BCUT2D eigenvalue weighted by Crippen LogP contribution is 2.45. The number of benzene rings is 1. The number of halogens is 1. The summed E-state index contributed by atoms with van der Waals surface area (Å²) in [4.78, 5) is 12.6. The van der Waals surface area contributed by atoms with Crippen LogP contribution < -0.4 is 0 Å². The normalized spacial score (nSPS) is 26.9. The molecule has 0 radical (unpaired) electrons. The smallest absolute Gasteiger partial charge is 0.166 e. The Balaban J connectivity index is 2.28. The maximum atomic E-state index is 12.9. The number of carbonyl (C=O) groups excluding carboxylic acids is 1. The topological polar surface area (TPSA) is 17.1 Å². The molecule has 1 aliphatic rings. The third kappa shape index (κ3) is 2.47. The quantitative estimate of drug-likeness (QED) is 0.706. The summed E-state index contributed by atoms with van der Waals surface area (Å²) in [6.07, 6.45) is 3.40. The van der Waals surface area contributed by atoms with E-state index < -0.39 is 0 Å². The molecule has 0 aromatic heterocycles. The van der Waals surface area contributed by atoms with Crippen molar-refractivity contribution in [3.05, 3.63) is 35.6 Å². The summed E-state index contributed by atoms with van der Waals surface area (Å²) < 4.78 is 12.9. The second-order valence-corrected chi connectivity index (χ2v) is 6.21. The number of rotatable bonds is 2. The van der Waals surface area contributed by atoms with Crippen molar-refractivity contribution in [2.24, 2.45) is 17.3 Å². The second-order valence-electron chi connectivity index (χ2n) is 6.21. The van der Waals surface area contributed by atoms with Crippen LogP contribution in [0.25, 0.3) is 0 Å². The highest BCUT2D eigenvalue weighted by atomic mass is 19.1. The first-order chi connectivity index (χ1) is 8.42. The third-order valence-corrected chi connectivity index (χ3v) is 4.30. The van der Waals surface area contributed by atoms with Gasteiger partial charge in [-0.3, -0.25) is 4.79 Å². The van der Waals surface area contributed by atoms with E-state index in [9.17, 15) is 9.18 Å². The zero-order valence-electron chi connectivity index (χ0n) is 11.4. The van der Waals surface area contributed by atoms with E-state index in [0.29, 0.717) is 11.5 Å². The van der Waals surface area contributed by atoms with E-state index in [4.69, 9.17) is 0 Å². The fourth-order valence-electron chi connectivity index (χ4n) is 3.38. The van der Waals surface area contributed by atoms with Crippen LogP contribution in [-0.2, 0) is 0 Å². The molecule has 0 aliphatic heterocycles. The number of ketones is 1. The Bertz CT molecular complexity index is 433. The standard InChI is InChI=1S/C16H21FO/c1-11-5-4-10-16(2,3)14(11)15(18)12-6-8-13(17)9-7-12/h6-9,11,14H,4-5,10H2,1-3H3/t11-,14+/m0/s1. The van der Waals surface area contributed by atoms with Crippen LogP contribution in [0, 0.1) is 23.1 Å². The van der Waals surface area contributed by atoms with Gasteiger partial charge in [-0.25, -0.2) is 4.39 Å². The summed E-state index contributed by atoms with van der Waals surface area (Å²) in [6.45, 7) is 6.51. The lowest BCUT2D eigenvalue weighted by Gasteiger charge is -2.41. The molecule has 2 rings (SSSR count). The molecule has 0 amide bonds. The maximum absolute atomic E-state index is 12.9. The summed E-state index contributed by atoms with van der Waals surface area (Å²) in [5.41, 5.74) is 0.687.